The fraction of sp³-hybridized carbons (Fsp3) is 0.524. The number of aryl methyl sites for hydroxylation is 1. The summed E-state index contributed by atoms with van der Waals surface area (Å²) >= 11 is 0. The Bertz CT molecular complexity index is 821. The first kappa shape index (κ1) is 17.4. The molecule has 2 aliphatic rings. The molecule has 138 valence electrons. The zero-order chi connectivity index (χ0) is 18.3. The molecule has 0 spiro atoms. The third-order valence-corrected chi connectivity index (χ3v) is 5.87. The zero-order valence-corrected chi connectivity index (χ0v) is 15.6. The van der Waals surface area contributed by atoms with E-state index in [1.165, 1.54) is 0 Å². The van der Waals surface area contributed by atoms with Gasteiger partial charge in [0.2, 0.25) is 0 Å². The maximum Gasteiger partial charge on any atom is 0.125 e. The van der Waals surface area contributed by atoms with Gasteiger partial charge in [-0.2, -0.15) is 5.10 Å². The van der Waals surface area contributed by atoms with Crippen LogP contribution >= 0.6 is 0 Å². The summed E-state index contributed by atoms with van der Waals surface area (Å²) in [6.07, 6.45) is 4.49. The largest absolute Gasteiger partial charge is 0.507 e. The molecule has 0 radical (unpaired) electrons. The number of nitrogens with zero attached hydrogens (tertiary/aromatic N) is 3. The summed E-state index contributed by atoms with van der Waals surface area (Å²) in [5, 5.41) is 30.3. The highest BCUT2D eigenvalue weighted by molar-refractivity contribution is 5.71. The first-order valence-electron chi connectivity index (χ1n) is 9.59. The number of aliphatic hydroxyl groups excluding tert-OH is 1. The standard InChI is InChI=1S/C21H27N3O2/c1-13-8-9-17(18(25)11-13)19-15-6-3-7-16(15)20(23-22-19)21(26)14-5-4-10-24(2)12-14/h8-9,11,14,21,25-26H,3-7,10,12H2,1-2H3/t14-,21-/m1/s1. The molecule has 2 N–H and O–H groups in total. The number of aromatic hydroxyl groups is 1. The molecule has 1 fully saturated rings. The van der Waals surface area contributed by atoms with Crippen LogP contribution in [0.25, 0.3) is 11.3 Å². The van der Waals surface area contributed by atoms with E-state index in [0.29, 0.717) is 0 Å². The van der Waals surface area contributed by atoms with Crippen LogP contribution in [0.5, 0.6) is 5.75 Å². The zero-order valence-electron chi connectivity index (χ0n) is 15.6. The molecule has 5 nitrogen and oxygen atoms in total. The van der Waals surface area contributed by atoms with Gasteiger partial charge in [-0.3, -0.25) is 0 Å². The smallest absolute Gasteiger partial charge is 0.125 e. The fourth-order valence-corrected chi connectivity index (χ4v) is 4.50. The predicted octanol–water partition coefficient (Wildman–Crippen LogP) is 3.02. The van der Waals surface area contributed by atoms with Crippen molar-refractivity contribution in [2.45, 2.75) is 45.1 Å². The number of hydrogen-bond acceptors (Lipinski definition) is 5. The lowest BCUT2D eigenvalue weighted by molar-refractivity contribution is 0.0550. The van der Waals surface area contributed by atoms with E-state index in [1.54, 1.807) is 6.07 Å². The average Bonchev–Trinajstić information content (AvgIpc) is 3.10. The number of benzene rings is 1. The van der Waals surface area contributed by atoms with E-state index >= 15 is 0 Å². The summed E-state index contributed by atoms with van der Waals surface area (Å²) in [6.45, 7) is 3.96. The van der Waals surface area contributed by atoms with Gasteiger partial charge in [0, 0.05) is 18.0 Å². The van der Waals surface area contributed by atoms with Crippen LogP contribution in [0, 0.1) is 12.8 Å². The lowest BCUT2D eigenvalue weighted by Gasteiger charge is -2.33. The van der Waals surface area contributed by atoms with Gasteiger partial charge in [-0.05, 0) is 81.4 Å². The number of aromatic nitrogens is 2. The molecule has 1 aromatic carbocycles. The fourth-order valence-electron chi connectivity index (χ4n) is 4.50. The van der Waals surface area contributed by atoms with Gasteiger partial charge in [0.25, 0.3) is 0 Å². The predicted molar refractivity (Wildman–Crippen MR) is 101 cm³/mol. The van der Waals surface area contributed by atoms with Crippen molar-refractivity contribution in [1.29, 1.82) is 0 Å². The van der Waals surface area contributed by atoms with Crippen LogP contribution in [0.3, 0.4) is 0 Å². The van der Waals surface area contributed by atoms with Gasteiger partial charge in [0.15, 0.2) is 0 Å². The van der Waals surface area contributed by atoms with Crippen molar-refractivity contribution in [3.05, 3.63) is 40.6 Å². The van der Waals surface area contributed by atoms with Crippen LogP contribution in [0.2, 0.25) is 0 Å². The molecule has 0 saturated carbocycles. The van der Waals surface area contributed by atoms with Crippen LogP contribution in [-0.2, 0) is 12.8 Å². The number of rotatable bonds is 3. The van der Waals surface area contributed by atoms with Crippen molar-refractivity contribution < 1.29 is 10.2 Å². The minimum Gasteiger partial charge on any atom is -0.507 e. The molecule has 1 aliphatic heterocycles. The van der Waals surface area contributed by atoms with E-state index in [2.05, 4.69) is 22.1 Å². The molecule has 4 rings (SSSR count). The van der Waals surface area contributed by atoms with Crippen LogP contribution in [0.15, 0.2) is 18.2 Å². The highest BCUT2D eigenvalue weighted by Crippen LogP contribution is 2.39. The van der Waals surface area contributed by atoms with Gasteiger partial charge < -0.3 is 15.1 Å². The van der Waals surface area contributed by atoms with E-state index in [1.807, 2.05) is 19.1 Å². The number of phenols is 1. The number of piperidine rings is 1. The number of phenolic OH excluding ortho intramolecular Hbond substituents is 1. The van der Waals surface area contributed by atoms with Gasteiger partial charge in [0.1, 0.15) is 17.5 Å². The third-order valence-electron chi connectivity index (χ3n) is 5.87. The molecule has 2 atom stereocenters. The third kappa shape index (κ3) is 3.10. The van der Waals surface area contributed by atoms with Crippen molar-refractivity contribution in [3.63, 3.8) is 0 Å². The molecule has 26 heavy (non-hydrogen) atoms. The molecule has 0 amide bonds. The molecule has 5 heteroatoms. The minimum atomic E-state index is -0.558. The van der Waals surface area contributed by atoms with Crippen molar-refractivity contribution in [1.82, 2.24) is 15.1 Å². The van der Waals surface area contributed by atoms with Crippen LogP contribution in [0.4, 0.5) is 0 Å². The van der Waals surface area contributed by atoms with Crippen molar-refractivity contribution in [3.8, 4) is 17.0 Å². The Hall–Kier alpha value is -1.98. The second-order valence-corrected chi connectivity index (χ2v) is 7.87. The summed E-state index contributed by atoms with van der Waals surface area (Å²) < 4.78 is 0. The Morgan fingerprint density at radius 3 is 2.73 bits per heavy atom. The Labute approximate surface area is 154 Å². The summed E-state index contributed by atoms with van der Waals surface area (Å²) in [6, 6.07) is 5.66. The van der Waals surface area contributed by atoms with Crippen LogP contribution in [-0.4, -0.2) is 45.4 Å². The monoisotopic (exact) mass is 353 g/mol. The van der Waals surface area contributed by atoms with E-state index in [-0.39, 0.29) is 11.7 Å². The van der Waals surface area contributed by atoms with E-state index in [9.17, 15) is 10.2 Å². The Balaban J connectivity index is 1.72. The maximum absolute atomic E-state index is 11.0. The summed E-state index contributed by atoms with van der Waals surface area (Å²) in [5.74, 6) is 0.460. The molecule has 2 heterocycles. The van der Waals surface area contributed by atoms with Gasteiger partial charge >= 0.3 is 0 Å². The molecule has 1 aliphatic carbocycles. The van der Waals surface area contributed by atoms with Gasteiger partial charge in [0.05, 0.1) is 5.69 Å². The molecule has 2 aromatic rings. The summed E-state index contributed by atoms with van der Waals surface area (Å²) in [7, 11) is 2.11. The normalized spacial score (nSPS) is 21.6. The first-order valence-corrected chi connectivity index (χ1v) is 9.59. The van der Waals surface area contributed by atoms with Crippen molar-refractivity contribution in [2.75, 3.05) is 20.1 Å². The molecule has 1 aromatic heterocycles. The van der Waals surface area contributed by atoms with Gasteiger partial charge in [-0.15, -0.1) is 5.10 Å². The molecule has 0 bridgehead atoms. The SMILES string of the molecule is Cc1ccc(-c2nnc([C@H](O)[C@@H]3CCCN(C)C3)c3c2CCC3)c(O)c1. The highest BCUT2D eigenvalue weighted by Gasteiger charge is 2.32. The summed E-state index contributed by atoms with van der Waals surface area (Å²) in [4.78, 5) is 2.28. The number of aliphatic hydroxyl groups is 1. The lowest BCUT2D eigenvalue weighted by atomic mass is 9.88. The number of hydrogen-bond donors (Lipinski definition) is 2. The van der Waals surface area contributed by atoms with E-state index < -0.39 is 6.10 Å². The number of likely N-dealkylation sites (tertiary alicyclic amines) is 1. The number of fused-ring (bicyclic) bond motifs is 1. The lowest BCUT2D eigenvalue weighted by Crippen LogP contribution is -2.35. The highest BCUT2D eigenvalue weighted by atomic mass is 16.3. The second-order valence-electron chi connectivity index (χ2n) is 7.87. The molecular weight excluding hydrogens is 326 g/mol. The van der Waals surface area contributed by atoms with E-state index in [4.69, 9.17) is 0 Å². The first-order chi connectivity index (χ1) is 12.5. The van der Waals surface area contributed by atoms with E-state index in [0.717, 1.165) is 78.8 Å². The van der Waals surface area contributed by atoms with Gasteiger partial charge in [-0.25, -0.2) is 0 Å². The van der Waals surface area contributed by atoms with Gasteiger partial charge in [-0.1, -0.05) is 6.07 Å². The Kier molecular flexibility index (Phi) is 4.67. The van der Waals surface area contributed by atoms with Crippen molar-refractivity contribution >= 4 is 0 Å². The quantitative estimate of drug-likeness (QED) is 0.888. The maximum atomic E-state index is 11.0. The van der Waals surface area contributed by atoms with Crippen LogP contribution < -0.4 is 0 Å². The Morgan fingerprint density at radius 1 is 1.15 bits per heavy atom. The van der Waals surface area contributed by atoms with Crippen molar-refractivity contribution in [2.24, 2.45) is 5.92 Å². The minimum absolute atomic E-state index is 0.214. The average molecular weight is 353 g/mol. The summed E-state index contributed by atoms with van der Waals surface area (Å²) in [5.41, 5.74) is 5.58. The second kappa shape index (κ2) is 6.97. The van der Waals surface area contributed by atoms with Crippen LogP contribution in [0.1, 0.15) is 47.8 Å². The molecule has 0 unspecified atom stereocenters. The molecular formula is C21H27N3O2. The topological polar surface area (TPSA) is 69.5 Å². The Morgan fingerprint density at radius 2 is 1.96 bits per heavy atom. The molecule has 1 saturated heterocycles.